The highest BCUT2D eigenvalue weighted by atomic mass is 16.5. The van der Waals surface area contributed by atoms with Gasteiger partial charge in [0.15, 0.2) is 6.61 Å². The van der Waals surface area contributed by atoms with Crippen molar-refractivity contribution < 1.29 is 14.3 Å². The van der Waals surface area contributed by atoms with Crippen LogP contribution in [0.1, 0.15) is 12.8 Å². The van der Waals surface area contributed by atoms with Crippen LogP contribution in [-0.2, 0) is 9.59 Å². The number of ether oxygens (including phenoxy) is 1. The van der Waals surface area contributed by atoms with Crippen LogP contribution in [0.25, 0.3) is 0 Å². The second kappa shape index (κ2) is 8.03. The number of hydrogen-bond acceptors (Lipinski definition) is 4. The van der Waals surface area contributed by atoms with Gasteiger partial charge in [0.2, 0.25) is 5.91 Å². The molecule has 1 aromatic carbocycles. The molecule has 0 spiro atoms. The summed E-state index contributed by atoms with van der Waals surface area (Å²) in [4.78, 5) is 27.2. The van der Waals surface area contributed by atoms with Crippen molar-refractivity contribution >= 4 is 11.8 Å². The van der Waals surface area contributed by atoms with E-state index >= 15 is 0 Å². The van der Waals surface area contributed by atoms with Crippen LogP contribution in [0.5, 0.6) is 5.75 Å². The van der Waals surface area contributed by atoms with Gasteiger partial charge in [-0.1, -0.05) is 18.2 Å². The van der Waals surface area contributed by atoms with Crippen LogP contribution in [0.3, 0.4) is 0 Å². The smallest absolute Gasteiger partial charge is 0.260 e. The van der Waals surface area contributed by atoms with Gasteiger partial charge >= 0.3 is 0 Å². The van der Waals surface area contributed by atoms with Crippen LogP contribution in [0.4, 0.5) is 0 Å². The number of hydrogen-bond donors (Lipinski definition) is 0. The molecule has 0 N–H and O–H groups in total. The summed E-state index contributed by atoms with van der Waals surface area (Å²) in [7, 11) is 0. The van der Waals surface area contributed by atoms with Gasteiger partial charge in [-0.3, -0.25) is 9.59 Å². The van der Waals surface area contributed by atoms with E-state index in [1.165, 1.54) is 0 Å². The van der Waals surface area contributed by atoms with Crippen LogP contribution in [0.2, 0.25) is 0 Å². The number of carbonyl (C=O) groups excluding carboxylic acids is 2. The van der Waals surface area contributed by atoms with Crippen LogP contribution >= 0.6 is 0 Å². The summed E-state index contributed by atoms with van der Waals surface area (Å²) in [6.45, 7) is 2.14. The molecular formula is C16H19N3O3. The van der Waals surface area contributed by atoms with Gasteiger partial charge < -0.3 is 14.5 Å². The molecule has 6 nitrogen and oxygen atoms in total. The Labute approximate surface area is 129 Å². The molecule has 1 aromatic rings. The molecule has 1 aliphatic heterocycles. The summed E-state index contributed by atoms with van der Waals surface area (Å²) in [6, 6.07) is 11.1. The van der Waals surface area contributed by atoms with Crippen LogP contribution in [0, 0.1) is 11.3 Å². The van der Waals surface area contributed by atoms with Crippen molar-refractivity contribution in [1.82, 2.24) is 9.80 Å². The van der Waals surface area contributed by atoms with E-state index in [1.54, 1.807) is 21.9 Å². The molecule has 1 fully saturated rings. The first-order chi connectivity index (χ1) is 10.7. The first kappa shape index (κ1) is 15.8. The zero-order valence-electron chi connectivity index (χ0n) is 12.4. The zero-order valence-corrected chi connectivity index (χ0v) is 12.4. The van der Waals surface area contributed by atoms with E-state index in [-0.39, 0.29) is 24.8 Å². The monoisotopic (exact) mass is 301 g/mol. The van der Waals surface area contributed by atoms with Gasteiger partial charge in [-0.05, 0) is 18.6 Å². The highest BCUT2D eigenvalue weighted by Crippen LogP contribution is 2.09. The van der Waals surface area contributed by atoms with Crippen LogP contribution in [0.15, 0.2) is 30.3 Å². The van der Waals surface area contributed by atoms with Gasteiger partial charge in [0.05, 0.1) is 6.07 Å². The zero-order chi connectivity index (χ0) is 15.8. The first-order valence-corrected chi connectivity index (χ1v) is 7.31. The van der Waals surface area contributed by atoms with E-state index in [0.29, 0.717) is 38.3 Å². The van der Waals surface area contributed by atoms with Gasteiger partial charge in [0, 0.05) is 26.2 Å². The number of benzene rings is 1. The number of rotatable bonds is 4. The van der Waals surface area contributed by atoms with E-state index < -0.39 is 0 Å². The normalized spacial score (nSPS) is 14.9. The standard InChI is InChI=1S/C16H19N3O3/c17-8-7-15(20)18-9-4-10-19(12-11-18)16(21)13-22-14-5-2-1-3-6-14/h1-3,5-6H,4,7,9-13H2. The average Bonchev–Trinajstić information content (AvgIpc) is 2.80. The fourth-order valence-corrected chi connectivity index (χ4v) is 2.35. The maximum Gasteiger partial charge on any atom is 0.260 e. The van der Waals surface area contributed by atoms with Gasteiger partial charge in [0.1, 0.15) is 12.2 Å². The van der Waals surface area contributed by atoms with E-state index in [0.717, 1.165) is 0 Å². The lowest BCUT2D eigenvalue weighted by Gasteiger charge is -2.21. The van der Waals surface area contributed by atoms with Gasteiger partial charge in [-0.2, -0.15) is 5.26 Å². The highest BCUT2D eigenvalue weighted by molar-refractivity contribution is 5.79. The Bertz CT molecular complexity index is 554. The molecule has 0 saturated carbocycles. The van der Waals surface area contributed by atoms with Crippen molar-refractivity contribution in [2.45, 2.75) is 12.8 Å². The molecule has 0 bridgehead atoms. The van der Waals surface area contributed by atoms with Crippen LogP contribution < -0.4 is 4.74 Å². The summed E-state index contributed by atoms with van der Waals surface area (Å²) >= 11 is 0. The van der Waals surface area contributed by atoms with Crippen molar-refractivity contribution in [3.8, 4) is 11.8 Å². The Hall–Kier alpha value is -2.55. The summed E-state index contributed by atoms with van der Waals surface area (Å²) in [6.07, 6.45) is 0.610. The number of amides is 2. The third-order valence-corrected chi connectivity index (χ3v) is 3.54. The summed E-state index contributed by atoms with van der Waals surface area (Å²) < 4.78 is 5.46. The second-order valence-corrected chi connectivity index (χ2v) is 5.05. The Morgan fingerprint density at radius 2 is 1.68 bits per heavy atom. The maximum atomic E-state index is 12.2. The average molecular weight is 301 g/mol. The van der Waals surface area contributed by atoms with Crippen LogP contribution in [-0.4, -0.2) is 54.4 Å². The van der Waals surface area contributed by atoms with Crippen molar-refractivity contribution in [2.75, 3.05) is 32.8 Å². The molecular weight excluding hydrogens is 282 g/mol. The largest absolute Gasteiger partial charge is 0.484 e. The van der Waals surface area contributed by atoms with E-state index in [1.807, 2.05) is 24.3 Å². The van der Waals surface area contributed by atoms with Gasteiger partial charge in [-0.15, -0.1) is 0 Å². The summed E-state index contributed by atoms with van der Waals surface area (Å²) in [5, 5.41) is 8.58. The molecule has 0 aromatic heterocycles. The molecule has 6 heteroatoms. The van der Waals surface area contributed by atoms with E-state index in [4.69, 9.17) is 10.00 Å². The molecule has 0 radical (unpaired) electrons. The minimum Gasteiger partial charge on any atom is -0.484 e. The molecule has 2 rings (SSSR count). The van der Waals surface area contributed by atoms with E-state index in [9.17, 15) is 9.59 Å². The van der Waals surface area contributed by atoms with Crippen molar-refractivity contribution in [3.63, 3.8) is 0 Å². The fraction of sp³-hybridized carbons (Fsp3) is 0.438. The quantitative estimate of drug-likeness (QED) is 0.833. The van der Waals surface area contributed by atoms with Gasteiger partial charge in [0.25, 0.3) is 5.91 Å². The SMILES string of the molecule is N#CCC(=O)N1CCCN(C(=O)COc2ccccc2)CC1. The molecule has 2 amide bonds. The Morgan fingerprint density at radius 1 is 1.05 bits per heavy atom. The minimum atomic E-state index is -0.169. The molecule has 1 heterocycles. The van der Waals surface area contributed by atoms with E-state index in [2.05, 4.69) is 0 Å². The lowest BCUT2D eigenvalue weighted by atomic mass is 10.3. The second-order valence-electron chi connectivity index (χ2n) is 5.05. The Balaban J connectivity index is 1.81. The molecule has 0 unspecified atom stereocenters. The predicted octanol–water partition coefficient (Wildman–Crippen LogP) is 1.04. The summed E-state index contributed by atoms with van der Waals surface area (Å²) in [5.41, 5.74) is 0. The van der Waals surface area contributed by atoms with Gasteiger partial charge in [-0.25, -0.2) is 0 Å². The number of para-hydroxylation sites is 1. The lowest BCUT2D eigenvalue weighted by Crippen LogP contribution is -2.39. The lowest BCUT2D eigenvalue weighted by molar-refractivity contribution is -0.134. The van der Waals surface area contributed by atoms with Crippen molar-refractivity contribution in [1.29, 1.82) is 5.26 Å². The molecule has 0 atom stereocenters. The molecule has 0 aliphatic carbocycles. The Morgan fingerprint density at radius 3 is 2.32 bits per heavy atom. The minimum absolute atomic E-state index is 0.00381. The molecule has 116 valence electrons. The first-order valence-electron chi connectivity index (χ1n) is 7.31. The number of nitriles is 1. The molecule has 22 heavy (non-hydrogen) atoms. The maximum absolute atomic E-state index is 12.2. The van der Waals surface area contributed by atoms with Crippen molar-refractivity contribution in [2.24, 2.45) is 0 Å². The number of nitrogens with zero attached hydrogens (tertiary/aromatic N) is 3. The third-order valence-electron chi connectivity index (χ3n) is 3.54. The highest BCUT2D eigenvalue weighted by Gasteiger charge is 2.21. The topological polar surface area (TPSA) is 73.6 Å². The summed E-state index contributed by atoms with van der Waals surface area (Å²) in [5.74, 6) is 0.410. The predicted molar refractivity (Wildman–Crippen MR) is 79.9 cm³/mol. The Kier molecular flexibility index (Phi) is 5.78. The molecule has 1 aliphatic rings. The number of carbonyl (C=O) groups is 2. The molecule has 1 saturated heterocycles. The van der Waals surface area contributed by atoms with Crippen molar-refractivity contribution in [3.05, 3.63) is 30.3 Å². The fourth-order valence-electron chi connectivity index (χ4n) is 2.35. The third kappa shape index (κ3) is 4.48.